The molecule has 0 aromatic heterocycles. The first-order valence-electron chi connectivity index (χ1n) is 10.8. The number of sulfonamides is 1. The van der Waals surface area contributed by atoms with Crippen molar-refractivity contribution >= 4 is 56.3 Å². The van der Waals surface area contributed by atoms with Crippen LogP contribution < -0.4 is 9.62 Å². The van der Waals surface area contributed by atoms with Crippen LogP contribution in [0.2, 0.25) is 10.0 Å². The van der Waals surface area contributed by atoms with Crippen molar-refractivity contribution in [3.8, 4) is 0 Å². The highest BCUT2D eigenvalue weighted by molar-refractivity contribution is 7.92. The normalized spacial score (nSPS) is 11.1. The maximum Gasteiger partial charge on any atom is 0.264 e. The number of anilines is 2. The number of hydrogen-bond donors (Lipinski definition) is 1. The lowest BCUT2D eigenvalue weighted by Crippen LogP contribution is -2.38. The van der Waals surface area contributed by atoms with Gasteiger partial charge in [0.15, 0.2) is 5.78 Å². The smallest absolute Gasteiger partial charge is 0.264 e. The zero-order valence-electron chi connectivity index (χ0n) is 18.8. The van der Waals surface area contributed by atoms with Gasteiger partial charge in [0.05, 0.1) is 16.3 Å². The lowest BCUT2D eigenvalue weighted by Gasteiger charge is -2.24. The molecule has 0 saturated heterocycles. The number of hydrogen-bond acceptors (Lipinski definition) is 4. The van der Waals surface area contributed by atoms with Gasteiger partial charge in [0.1, 0.15) is 6.54 Å². The predicted octanol–water partition coefficient (Wildman–Crippen LogP) is 6.06. The van der Waals surface area contributed by atoms with E-state index >= 15 is 0 Å². The van der Waals surface area contributed by atoms with E-state index in [4.69, 9.17) is 23.2 Å². The van der Waals surface area contributed by atoms with E-state index in [1.54, 1.807) is 66.7 Å². The Hall–Kier alpha value is -3.65. The molecular weight excluding hydrogens is 519 g/mol. The SMILES string of the molecule is O=C(CN(c1cccc(Cl)c1)S(=O)(=O)c1ccccc1)Nc1ccc(Cl)cc1C(=O)c1ccccc1. The van der Waals surface area contributed by atoms with Crippen LogP contribution in [0.25, 0.3) is 0 Å². The maximum absolute atomic E-state index is 13.5. The van der Waals surface area contributed by atoms with Crippen LogP contribution in [0.15, 0.2) is 108 Å². The number of nitrogens with one attached hydrogen (secondary N) is 1. The molecule has 0 radical (unpaired) electrons. The second-order valence-corrected chi connectivity index (χ2v) is 10.5. The Labute approximate surface area is 219 Å². The van der Waals surface area contributed by atoms with Crippen molar-refractivity contribution in [3.63, 3.8) is 0 Å². The molecule has 0 heterocycles. The summed E-state index contributed by atoms with van der Waals surface area (Å²) in [6.45, 7) is -0.556. The van der Waals surface area contributed by atoms with Gasteiger partial charge in [-0.2, -0.15) is 0 Å². The molecular formula is C27H20Cl2N2O4S. The van der Waals surface area contributed by atoms with Crippen molar-refractivity contribution in [3.05, 3.63) is 124 Å². The molecule has 182 valence electrons. The van der Waals surface area contributed by atoms with Gasteiger partial charge in [-0.25, -0.2) is 8.42 Å². The average molecular weight is 539 g/mol. The zero-order valence-corrected chi connectivity index (χ0v) is 21.1. The summed E-state index contributed by atoms with van der Waals surface area (Å²) in [6, 6.07) is 27.0. The Morgan fingerprint density at radius 2 is 1.39 bits per heavy atom. The van der Waals surface area contributed by atoms with Gasteiger partial charge < -0.3 is 5.32 Å². The summed E-state index contributed by atoms with van der Waals surface area (Å²) < 4.78 is 27.9. The third kappa shape index (κ3) is 5.76. The monoisotopic (exact) mass is 538 g/mol. The van der Waals surface area contributed by atoms with Crippen molar-refractivity contribution < 1.29 is 18.0 Å². The molecule has 6 nitrogen and oxygen atoms in total. The molecule has 0 aliphatic heterocycles. The third-order valence-corrected chi connectivity index (χ3v) is 7.51. The van der Waals surface area contributed by atoms with Crippen LogP contribution >= 0.6 is 23.2 Å². The molecule has 0 saturated carbocycles. The molecule has 0 atom stereocenters. The Balaban J connectivity index is 1.67. The summed E-state index contributed by atoms with van der Waals surface area (Å²) in [4.78, 5) is 26.3. The number of rotatable bonds is 8. The summed E-state index contributed by atoms with van der Waals surface area (Å²) in [7, 11) is -4.11. The first-order chi connectivity index (χ1) is 17.3. The maximum atomic E-state index is 13.5. The zero-order chi connectivity index (χ0) is 25.7. The number of benzene rings is 4. The number of ketones is 1. The molecule has 9 heteroatoms. The molecule has 1 N–H and O–H groups in total. The highest BCUT2D eigenvalue weighted by atomic mass is 35.5. The standard InChI is InChI=1S/C27H20Cl2N2O4S/c28-20-10-7-11-22(16-20)31(36(34,35)23-12-5-2-6-13-23)18-26(32)30-25-15-14-21(29)17-24(25)27(33)19-8-3-1-4-9-19/h1-17H,18H2,(H,30,32). The van der Waals surface area contributed by atoms with Gasteiger partial charge in [-0.1, -0.05) is 77.8 Å². The number of nitrogens with zero attached hydrogens (tertiary/aromatic N) is 1. The molecule has 4 rings (SSSR count). The van der Waals surface area contributed by atoms with Gasteiger partial charge in [-0.15, -0.1) is 0 Å². The summed E-state index contributed by atoms with van der Waals surface area (Å²) in [6.07, 6.45) is 0. The average Bonchev–Trinajstić information content (AvgIpc) is 2.89. The molecule has 0 bridgehead atoms. The second-order valence-electron chi connectivity index (χ2n) is 7.74. The van der Waals surface area contributed by atoms with E-state index in [2.05, 4.69) is 5.32 Å². The van der Waals surface area contributed by atoms with Crippen LogP contribution in [-0.4, -0.2) is 26.7 Å². The van der Waals surface area contributed by atoms with E-state index in [0.29, 0.717) is 15.6 Å². The molecule has 0 spiro atoms. The fraction of sp³-hybridized carbons (Fsp3) is 0.0370. The number of halogens is 2. The van der Waals surface area contributed by atoms with E-state index in [1.165, 1.54) is 36.4 Å². The Morgan fingerprint density at radius 1 is 0.750 bits per heavy atom. The van der Waals surface area contributed by atoms with Crippen molar-refractivity contribution in [1.29, 1.82) is 0 Å². The lowest BCUT2D eigenvalue weighted by molar-refractivity contribution is -0.114. The topological polar surface area (TPSA) is 83.6 Å². The molecule has 0 unspecified atom stereocenters. The van der Waals surface area contributed by atoms with Crippen LogP contribution in [0, 0.1) is 0 Å². The van der Waals surface area contributed by atoms with Gasteiger partial charge in [0.25, 0.3) is 10.0 Å². The Bertz CT molecular complexity index is 1510. The van der Waals surface area contributed by atoms with Crippen molar-refractivity contribution in [2.75, 3.05) is 16.2 Å². The lowest BCUT2D eigenvalue weighted by atomic mass is 10.0. The predicted molar refractivity (Wildman–Crippen MR) is 142 cm³/mol. The van der Waals surface area contributed by atoms with E-state index in [-0.39, 0.29) is 27.6 Å². The minimum Gasteiger partial charge on any atom is -0.324 e. The molecule has 4 aromatic carbocycles. The summed E-state index contributed by atoms with van der Waals surface area (Å²) in [5.41, 5.74) is 1.03. The number of carbonyl (C=O) groups excluding carboxylic acids is 2. The highest BCUT2D eigenvalue weighted by Gasteiger charge is 2.28. The fourth-order valence-electron chi connectivity index (χ4n) is 3.54. The minimum absolute atomic E-state index is 0.0178. The fourth-order valence-corrected chi connectivity index (χ4v) is 5.34. The van der Waals surface area contributed by atoms with Crippen LogP contribution in [0.5, 0.6) is 0 Å². The van der Waals surface area contributed by atoms with Crippen LogP contribution in [0.3, 0.4) is 0 Å². The molecule has 0 aliphatic rings. The van der Waals surface area contributed by atoms with Gasteiger partial charge in [-0.05, 0) is 48.5 Å². The van der Waals surface area contributed by atoms with Crippen LogP contribution in [0.4, 0.5) is 11.4 Å². The van der Waals surface area contributed by atoms with Crippen molar-refractivity contribution in [2.24, 2.45) is 0 Å². The quantitative estimate of drug-likeness (QED) is 0.276. The number of carbonyl (C=O) groups is 2. The molecule has 0 fully saturated rings. The summed E-state index contributed by atoms with van der Waals surface area (Å²) in [5.74, 6) is -0.990. The van der Waals surface area contributed by atoms with Gasteiger partial charge in [0.2, 0.25) is 5.91 Å². The first kappa shape index (κ1) is 25.4. The van der Waals surface area contributed by atoms with Gasteiger partial charge >= 0.3 is 0 Å². The van der Waals surface area contributed by atoms with E-state index in [0.717, 1.165) is 4.31 Å². The highest BCUT2D eigenvalue weighted by Crippen LogP contribution is 2.27. The minimum atomic E-state index is -4.11. The summed E-state index contributed by atoms with van der Waals surface area (Å²) >= 11 is 12.2. The van der Waals surface area contributed by atoms with Crippen molar-refractivity contribution in [2.45, 2.75) is 4.90 Å². The molecule has 1 amide bonds. The number of amides is 1. The Morgan fingerprint density at radius 3 is 2.06 bits per heavy atom. The largest absolute Gasteiger partial charge is 0.324 e. The Kier molecular flexibility index (Phi) is 7.74. The van der Waals surface area contributed by atoms with Crippen molar-refractivity contribution in [1.82, 2.24) is 0 Å². The van der Waals surface area contributed by atoms with E-state index in [1.807, 2.05) is 0 Å². The summed E-state index contributed by atoms with van der Waals surface area (Å²) in [5, 5.41) is 3.30. The third-order valence-electron chi connectivity index (χ3n) is 5.25. The van der Waals surface area contributed by atoms with Gasteiger partial charge in [-0.3, -0.25) is 13.9 Å². The molecule has 36 heavy (non-hydrogen) atoms. The van der Waals surface area contributed by atoms with Crippen LogP contribution in [-0.2, 0) is 14.8 Å². The van der Waals surface area contributed by atoms with Crippen LogP contribution in [0.1, 0.15) is 15.9 Å². The van der Waals surface area contributed by atoms with Gasteiger partial charge in [0, 0.05) is 21.2 Å². The first-order valence-corrected chi connectivity index (χ1v) is 13.0. The van der Waals surface area contributed by atoms with E-state index in [9.17, 15) is 18.0 Å². The van der Waals surface area contributed by atoms with E-state index < -0.39 is 22.5 Å². The molecule has 4 aromatic rings. The molecule has 0 aliphatic carbocycles. The second kappa shape index (κ2) is 11.0.